The van der Waals surface area contributed by atoms with E-state index in [1.165, 1.54) is 9.80 Å². The van der Waals surface area contributed by atoms with Gasteiger partial charge in [0.1, 0.15) is 6.04 Å². The fraction of sp³-hybridized carbons (Fsp3) is 0.828. The van der Waals surface area contributed by atoms with Crippen LogP contribution < -0.4 is 5.32 Å². The average molecular weight is 841 g/mol. The fourth-order valence-corrected chi connectivity index (χ4v) is 13.2. The number of ether oxygens (including phenoxy) is 1. The van der Waals surface area contributed by atoms with Crippen molar-refractivity contribution in [1.29, 1.82) is 0 Å². The van der Waals surface area contributed by atoms with Gasteiger partial charge in [0.2, 0.25) is 29.5 Å². The third-order valence-electron chi connectivity index (χ3n) is 11.4. The van der Waals surface area contributed by atoms with Crippen molar-refractivity contribution < 1.29 is 28.7 Å². The van der Waals surface area contributed by atoms with E-state index in [9.17, 15) is 24.0 Å². The van der Waals surface area contributed by atoms with Gasteiger partial charge in [-0.15, -0.1) is 0 Å². The Hall–Kier alpha value is -0.370. The van der Waals surface area contributed by atoms with Crippen LogP contribution in [0.25, 0.3) is 0 Å². The molecule has 4 bridgehead atoms. The molecule has 7 rings (SSSR count). The van der Waals surface area contributed by atoms with Crippen LogP contribution in [0, 0.1) is 47.3 Å². The van der Waals surface area contributed by atoms with E-state index in [0.717, 1.165) is 25.7 Å². The molecule has 230 valence electrons. The molecule has 4 aliphatic carbocycles. The second-order valence-electron chi connectivity index (χ2n) is 13.3. The standard InChI is InChI=1S/C29H35Br4N3O6/c30-21-12-8-13(22(21)31)18-17(12)26(38)35(27(18)39)6-2-1-5-16(25(37)34-10-11-4-3-7-42-11)36-28(40)19-14-9-15(20(19)29(36)41)24(33)23(14)32/h11-24H,1-10H2,(H,34,37)/t11-,12+,13+,14+,15+,16-,17-,18+,19-,20+,21-,22+,23-,24+/m0/s1. The van der Waals surface area contributed by atoms with Crippen LogP contribution in [-0.2, 0) is 28.7 Å². The first-order valence-corrected chi connectivity index (χ1v) is 19.0. The van der Waals surface area contributed by atoms with Crippen molar-refractivity contribution in [1.82, 2.24) is 15.1 Å². The molecule has 0 radical (unpaired) electrons. The predicted molar refractivity (Wildman–Crippen MR) is 166 cm³/mol. The van der Waals surface area contributed by atoms with E-state index in [-0.39, 0.29) is 102 Å². The van der Waals surface area contributed by atoms with Crippen molar-refractivity contribution in [3.8, 4) is 0 Å². The largest absolute Gasteiger partial charge is 0.376 e. The highest BCUT2D eigenvalue weighted by molar-refractivity contribution is 9.12. The number of amides is 5. The van der Waals surface area contributed by atoms with Crippen molar-refractivity contribution in [3.05, 3.63) is 0 Å². The third-order valence-corrected chi connectivity index (χ3v) is 17.8. The van der Waals surface area contributed by atoms with E-state index < -0.39 is 6.04 Å². The monoisotopic (exact) mass is 837 g/mol. The van der Waals surface area contributed by atoms with Crippen LogP contribution in [0.3, 0.4) is 0 Å². The number of likely N-dealkylation sites (tertiary alicyclic amines) is 2. The Morgan fingerprint density at radius 1 is 0.786 bits per heavy atom. The number of imide groups is 2. The summed E-state index contributed by atoms with van der Waals surface area (Å²) in [7, 11) is 0. The summed E-state index contributed by atoms with van der Waals surface area (Å²) in [6.07, 6.45) is 4.78. The van der Waals surface area contributed by atoms with Crippen LogP contribution in [0.1, 0.15) is 44.9 Å². The summed E-state index contributed by atoms with van der Waals surface area (Å²) in [5.41, 5.74) is 0. The first-order valence-electron chi connectivity index (χ1n) is 15.3. The van der Waals surface area contributed by atoms with Crippen molar-refractivity contribution >= 4 is 93.3 Å². The lowest BCUT2D eigenvalue weighted by Crippen LogP contribution is -2.51. The molecule has 0 unspecified atom stereocenters. The van der Waals surface area contributed by atoms with Gasteiger partial charge in [0.05, 0.1) is 29.8 Å². The zero-order chi connectivity index (χ0) is 29.6. The molecule has 7 aliphatic rings. The molecule has 13 heteroatoms. The molecule has 7 fully saturated rings. The summed E-state index contributed by atoms with van der Waals surface area (Å²) in [5.74, 6) is -1.75. The minimum Gasteiger partial charge on any atom is -0.376 e. The van der Waals surface area contributed by atoms with Gasteiger partial charge in [-0.1, -0.05) is 63.7 Å². The molecule has 0 aromatic heterocycles. The molecule has 3 aliphatic heterocycles. The maximum atomic E-state index is 13.8. The molecule has 5 amide bonds. The number of nitrogens with zero attached hydrogens (tertiary/aromatic N) is 2. The van der Waals surface area contributed by atoms with Crippen LogP contribution >= 0.6 is 63.7 Å². The predicted octanol–water partition coefficient (Wildman–Crippen LogP) is 3.38. The number of carbonyl (C=O) groups excluding carboxylic acids is 5. The summed E-state index contributed by atoms with van der Waals surface area (Å²) in [4.78, 5) is 71.0. The van der Waals surface area contributed by atoms with Crippen molar-refractivity contribution in [2.75, 3.05) is 19.7 Å². The number of hydrogen-bond donors (Lipinski definition) is 1. The first-order chi connectivity index (χ1) is 20.1. The van der Waals surface area contributed by atoms with E-state index in [2.05, 4.69) is 69.0 Å². The van der Waals surface area contributed by atoms with Crippen LogP contribution in [0.5, 0.6) is 0 Å². The molecule has 3 heterocycles. The molecular formula is C29H35Br4N3O6. The highest BCUT2D eigenvalue weighted by Gasteiger charge is 2.68. The molecular weight excluding hydrogens is 806 g/mol. The second-order valence-corrected chi connectivity index (χ2v) is 17.5. The van der Waals surface area contributed by atoms with Gasteiger partial charge < -0.3 is 10.1 Å². The molecule has 0 aromatic carbocycles. The van der Waals surface area contributed by atoms with Crippen molar-refractivity contribution in [3.63, 3.8) is 0 Å². The topological polar surface area (TPSA) is 113 Å². The maximum absolute atomic E-state index is 13.8. The lowest BCUT2D eigenvalue weighted by atomic mass is 9.81. The summed E-state index contributed by atoms with van der Waals surface area (Å²) in [6, 6.07) is -0.914. The van der Waals surface area contributed by atoms with E-state index in [0.29, 0.717) is 39.0 Å². The van der Waals surface area contributed by atoms with Crippen LogP contribution in [-0.4, -0.2) is 90.5 Å². The van der Waals surface area contributed by atoms with E-state index in [1.807, 2.05) is 0 Å². The Morgan fingerprint density at radius 2 is 1.29 bits per heavy atom. The number of nitrogens with one attached hydrogen (secondary N) is 1. The fourth-order valence-electron chi connectivity index (χ4n) is 9.43. The number of alkyl halides is 4. The number of fused-ring (bicyclic) bond motifs is 10. The SMILES string of the molecule is O=C(NC[C@@H]1CCCO1)[C@H](CCCCN1C(=O)[C@@H]2[C@H]3C[C@@H]([C@H](Br)[C@@H]3Br)[C@@H]2C1=O)N1C(=O)[C@@H]2[C@H]3C[C@@H]([C@H](Br)[C@@H]3Br)[C@@H]2C1=O. The Morgan fingerprint density at radius 3 is 1.76 bits per heavy atom. The van der Waals surface area contributed by atoms with E-state index in [1.54, 1.807) is 0 Å². The highest BCUT2D eigenvalue weighted by atomic mass is 79.9. The van der Waals surface area contributed by atoms with Gasteiger partial charge in [-0.05, 0) is 68.6 Å². The summed E-state index contributed by atoms with van der Waals surface area (Å²) >= 11 is 14.9. The van der Waals surface area contributed by atoms with Crippen molar-refractivity contribution in [2.24, 2.45) is 47.3 Å². The van der Waals surface area contributed by atoms with Crippen LogP contribution in [0.15, 0.2) is 0 Å². The molecule has 1 N–H and O–H groups in total. The maximum Gasteiger partial charge on any atom is 0.243 e. The Labute approximate surface area is 278 Å². The smallest absolute Gasteiger partial charge is 0.243 e. The minimum atomic E-state index is -0.914. The molecule has 9 nitrogen and oxygen atoms in total. The Balaban J connectivity index is 1.02. The Kier molecular flexibility index (Phi) is 8.26. The van der Waals surface area contributed by atoms with Crippen molar-refractivity contribution in [2.45, 2.75) is 76.4 Å². The lowest BCUT2D eigenvalue weighted by Gasteiger charge is -2.28. The Bertz CT molecular complexity index is 1140. The van der Waals surface area contributed by atoms with Gasteiger partial charge in [0.15, 0.2) is 0 Å². The quantitative estimate of drug-likeness (QED) is 0.217. The number of halogens is 4. The number of rotatable bonds is 9. The molecule has 0 spiro atoms. The van der Waals surface area contributed by atoms with E-state index >= 15 is 0 Å². The molecule has 4 saturated carbocycles. The summed E-state index contributed by atoms with van der Waals surface area (Å²) < 4.78 is 5.66. The molecule has 42 heavy (non-hydrogen) atoms. The van der Waals surface area contributed by atoms with Gasteiger partial charge >= 0.3 is 0 Å². The summed E-state index contributed by atoms with van der Waals surface area (Å²) in [6.45, 7) is 1.31. The van der Waals surface area contributed by atoms with Crippen LogP contribution in [0.4, 0.5) is 0 Å². The second kappa shape index (κ2) is 11.5. The van der Waals surface area contributed by atoms with Gasteiger partial charge in [-0.25, -0.2) is 0 Å². The van der Waals surface area contributed by atoms with E-state index in [4.69, 9.17) is 4.74 Å². The van der Waals surface area contributed by atoms with Gasteiger partial charge in [0, 0.05) is 39.0 Å². The molecule has 3 saturated heterocycles. The lowest BCUT2D eigenvalue weighted by molar-refractivity contribution is -0.149. The highest BCUT2D eigenvalue weighted by Crippen LogP contribution is 2.61. The summed E-state index contributed by atoms with van der Waals surface area (Å²) in [5, 5.41) is 2.96. The van der Waals surface area contributed by atoms with Gasteiger partial charge in [-0.3, -0.25) is 33.8 Å². The number of unbranched alkanes of at least 4 members (excludes halogenated alkanes) is 1. The first kappa shape index (κ1) is 30.3. The number of hydrogen-bond acceptors (Lipinski definition) is 6. The average Bonchev–Trinajstić information content (AvgIpc) is 3.82. The minimum absolute atomic E-state index is 0.0571. The normalized spacial score (nSPS) is 45.9. The molecule has 0 aromatic rings. The zero-order valence-electron chi connectivity index (χ0n) is 23.0. The zero-order valence-corrected chi connectivity index (χ0v) is 29.4. The number of carbonyl (C=O) groups is 5. The van der Waals surface area contributed by atoms with Gasteiger partial charge in [-0.2, -0.15) is 0 Å². The third kappa shape index (κ3) is 4.50. The molecule has 14 atom stereocenters. The van der Waals surface area contributed by atoms with Gasteiger partial charge in [0.25, 0.3) is 0 Å². The van der Waals surface area contributed by atoms with Crippen LogP contribution in [0.2, 0.25) is 0 Å².